The molecule has 0 spiro atoms. The van der Waals surface area contributed by atoms with Crippen LogP contribution in [0.3, 0.4) is 0 Å². The first-order valence-corrected chi connectivity index (χ1v) is 5.23. The maximum Gasteiger partial charge on any atom is 0.148 e. The summed E-state index contributed by atoms with van der Waals surface area (Å²) in [4.78, 5) is 2.27. The quantitative estimate of drug-likeness (QED) is 0.682. The molecule has 0 unspecified atom stereocenters. The first-order chi connectivity index (χ1) is 7.31. The van der Waals surface area contributed by atoms with E-state index in [1.807, 2.05) is 18.2 Å². The van der Waals surface area contributed by atoms with E-state index in [0.717, 1.165) is 18.8 Å². The van der Waals surface area contributed by atoms with Gasteiger partial charge in [0.2, 0.25) is 0 Å². The van der Waals surface area contributed by atoms with Crippen LogP contribution in [-0.2, 0) is 0 Å². The molecule has 2 nitrogen and oxygen atoms in total. The molecule has 0 saturated heterocycles. The maximum atomic E-state index is 5.37. The van der Waals surface area contributed by atoms with Crippen LogP contribution in [0.25, 0.3) is 0 Å². The molecule has 15 heavy (non-hydrogen) atoms. The number of terminal acetylenes is 1. The van der Waals surface area contributed by atoms with Gasteiger partial charge < -0.3 is 9.64 Å². The average molecular weight is 203 g/mol. The van der Waals surface area contributed by atoms with Gasteiger partial charge in [0.25, 0.3) is 0 Å². The molecule has 1 aromatic rings. The number of ether oxygens (including phenoxy) is 1. The molecule has 0 fully saturated rings. The molecule has 0 aliphatic rings. The maximum absolute atomic E-state index is 5.37. The second-order valence-corrected chi connectivity index (χ2v) is 3.16. The Labute approximate surface area is 91.9 Å². The van der Waals surface area contributed by atoms with Gasteiger partial charge in [-0.15, -0.1) is 6.42 Å². The minimum Gasteiger partial charge on any atom is -0.481 e. The average Bonchev–Trinajstić information content (AvgIpc) is 2.29. The van der Waals surface area contributed by atoms with Crippen LogP contribution < -0.4 is 9.64 Å². The highest BCUT2D eigenvalue weighted by Gasteiger charge is 2.02. The molecule has 1 aromatic carbocycles. The lowest BCUT2D eigenvalue weighted by atomic mass is 10.2. The summed E-state index contributed by atoms with van der Waals surface area (Å²) < 4.78 is 5.37. The van der Waals surface area contributed by atoms with E-state index in [0.29, 0.717) is 6.61 Å². The van der Waals surface area contributed by atoms with Crippen LogP contribution in [0.5, 0.6) is 5.75 Å². The fraction of sp³-hybridized carbons (Fsp3) is 0.385. The van der Waals surface area contributed by atoms with Gasteiger partial charge in [0.1, 0.15) is 12.4 Å². The van der Waals surface area contributed by atoms with Crippen LogP contribution in [0.1, 0.15) is 13.8 Å². The van der Waals surface area contributed by atoms with E-state index < -0.39 is 0 Å². The van der Waals surface area contributed by atoms with Crippen molar-refractivity contribution in [1.29, 1.82) is 0 Å². The lowest BCUT2D eigenvalue weighted by Crippen LogP contribution is -2.21. The predicted octanol–water partition coefficient (Wildman–Crippen LogP) is 2.54. The van der Waals surface area contributed by atoms with Crippen molar-refractivity contribution in [2.45, 2.75) is 13.8 Å². The van der Waals surface area contributed by atoms with Crippen molar-refractivity contribution in [3.8, 4) is 18.1 Å². The molecule has 0 aliphatic heterocycles. The molecule has 2 heteroatoms. The highest BCUT2D eigenvalue weighted by atomic mass is 16.5. The third kappa shape index (κ3) is 3.21. The molecule has 0 radical (unpaired) electrons. The van der Waals surface area contributed by atoms with E-state index in [4.69, 9.17) is 11.2 Å². The Morgan fingerprint density at radius 1 is 1.33 bits per heavy atom. The van der Waals surface area contributed by atoms with Crippen molar-refractivity contribution in [2.75, 3.05) is 24.6 Å². The van der Waals surface area contributed by atoms with Crippen LogP contribution in [-0.4, -0.2) is 19.7 Å². The summed E-state index contributed by atoms with van der Waals surface area (Å²) in [5.41, 5.74) is 1.18. The SMILES string of the molecule is C#CCOc1cccc(N(CC)CC)c1. The molecule has 0 aromatic heterocycles. The summed E-state index contributed by atoms with van der Waals surface area (Å²) in [5, 5.41) is 0. The summed E-state index contributed by atoms with van der Waals surface area (Å²) in [6, 6.07) is 8.00. The molecular weight excluding hydrogens is 186 g/mol. The molecule has 0 heterocycles. The topological polar surface area (TPSA) is 12.5 Å². The van der Waals surface area contributed by atoms with Gasteiger partial charge in [-0.2, -0.15) is 0 Å². The van der Waals surface area contributed by atoms with Gasteiger partial charge in [-0.3, -0.25) is 0 Å². The van der Waals surface area contributed by atoms with Crippen molar-refractivity contribution in [3.05, 3.63) is 24.3 Å². The minimum atomic E-state index is 0.321. The summed E-state index contributed by atoms with van der Waals surface area (Å²) in [5.74, 6) is 3.29. The second-order valence-electron chi connectivity index (χ2n) is 3.16. The molecular formula is C13H17NO. The summed E-state index contributed by atoms with van der Waals surface area (Å²) in [7, 11) is 0. The van der Waals surface area contributed by atoms with E-state index in [2.05, 4.69) is 30.7 Å². The first kappa shape index (κ1) is 11.5. The van der Waals surface area contributed by atoms with Gasteiger partial charge in [0, 0.05) is 24.8 Å². The first-order valence-electron chi connectivity index (χ1n) is 5.23. The van der Waals surface area contributed by atoms with Crippen LogP contribution in [0, 0.1) is 12.3 Å². The third-order valence-corrected chi connectivity index (χ3v) is 2.27. The van der Waals surface area contributed by atoms with Gasteiger partial charge in [0.05, 0.1) is 0 Å². The molecule has 0 N–H and O–H groups in total. The summed E-state index contributed by atoms with van der Waals surface area (Å²) in [6.45, 7) is 6.59. The second kappa shape index (κ2) is 5.98. The standard InChI is InChI=1S/C13H17NO/c1-4-10-15-13-9-7-8-12(11-13)14(5-2)6-3/h1,7-9,11H,5-6,10H2,2-3H3. The molecule has 0 bridgehead atoms. The Bertz CT molecular complexity index is 337. The zero-order valence-corrected chi connectivity index (χ0v) is 9.36. The normalized spacial score (nSPS) is 9.40. The van der Waals surface area contributed by atoms with Crippen molar-refractivity contribution >= 4 is 5.69 Å². The number of benzene rings is 1. The largest absolute Gasteiger partial charge is 0.481 e. The molecule has 0 aliphatic carbocycles. The molecule has 0 atom stereocenters. The van der Waals surface area contributed by atoms with E-state index in [9.17, 15) is 0 Å². The van der Waals surface area contributed by atoms with E-state index in [-0.39, 0.29) is 0 Å². The van der Waals surface area contributed by atoms with Crippen molar-refractivity contribution in [2.24, 2.45) is 0 Å². The predicted molar refractivity (Wildman–Crippen MR) is 64.3 cm³/mol. The molecule has 0 saturated carbocycles. The number of nitrogens with zero attached hydrogens (tertiary/aromatic N) is 1. The minimum absolute atomic E-state index is 0.321. The highest BCUT2D eigenvalue weighted by Crippen LogP contribution is 2.20. The Kier molecular flexibility index (Phi) is 4.56. The third-order valence-electron chi connectivity index (χ3n) is 2.27. The smallest absolute Gasteiger partial charge is 0.148 e. The summed E-state index contributed by atoms with van der Waals surface area (Å²) in [6.07, 6.45) is 5.14. The zero-order valence-electron chi connectivity index (χ0n) is 9.36. The van der Waals surface area contributed by atoms with Gasteiger partial charge in [-0.05, 0) is 26.0 Å². The van der Waals surface area contributed by atoms with Crippen molar-refractivity contribution in [3.63, 3.8) is 0 Å². The number of hydrogen-bond donors (Lipinski definition) is 0. The van der Waals surface area contributed by atoms with Gasteiger partial charge >= 0.3 is 0 Å². The van der Waals surface area contributed by atoms with E-state index in [1.165, 1.54) is 5.69 Å². The fourth-order valence-electron chi connectivity index (χ4n) is 1.48. The van der Waals surface area contributed by atoms with Gasteiger partial charge in [-0.25, -0.2) is 0 Å². The Balaban J connectivity index is 2.77. The Morgan fingerprint density at radius 3 is 2.67 bits per heavy atom. The molecule has 0 amide bonds. The lowest BCUT2D eigenvalue weighted by Gasteiger charge is -2.21. The van der Waals surface area contributed by atoms with Gasteiger partial charge in [0.15, 0.2) is 0 Å². The van der Waals surface area contributed by atoms with E-state index in [1.54, 1.807) is 0 Å². The van der Waals surface area contributed by atoms with Crippen LogP contribution in [0.4, 0.5) is 5.69 Å². The fourth-order valence-corrected chi connectivity index (χ4v) is 1.48. The lowest BCUT2D eigenvalue weighted by molar-refractivity contribution is 0.370. The van der Waals surface area contributed by atoms with Crippen molar-refractivity contribution in [1.82, 2.24) is 0 Å². The monoisotopic (exact) mass is 203 g/mol. The van der Waals surface area contributed by atoms with E-state index >= 15 is 0 Å². The van der Waals surface area contributed by atoms with Crippen molar-refractivity contribution < 1.29 is 4.74 Å². The van der Waals surface area contributed by atoms with Crippen LogP contribution in [0.15, 0.2) is 24.3 Å². The summed E-state index contributed by atoms with van der Waals surface area (Å²) >= 11 is 0. The number of hydrogen-bond acceptors (Lipinski definition) is 2. The van der Waals surface area contributed by atoms with Gasteiger partial charge in [-0.1, -0.05) is 12.0 Å². The number of anilines is 1. The van der Waals surface area contributed by atoms with Crippen LogP contribution in [0.2, 0.25) is 0 Å². The molecule has 80 valence electrons. The highest BCUT2D eigenvalue weighted by molar-refractivity contribution is 5.50. The molecule has 1 rings (SSSR count). The van der Waals surface area contributed by atoms with Crippen LogP contribution >= 0.6 is 0 Å². The Hall–Kier alpha value is -1.62. The number of rotatable bonds is 5. The zero-order chi connectivity index (χ0) is 11.1. The Morgan fingerprint density at radius 2 is 2.07 bits per heavy atom.